The Bertz CT molecular complexity index is 2110. The highest BCUT2D eigenvalue weighted by molar-refractivity contribution is 9.10. The summed E-state index contributed by atoms with van der Waals surface area (Å²) in [6.07, 6.45) is 1.66. The number of halogens is 4. The van der Waals surface area contributed by atoms with Crippen LogP contribution in [0.1, 0.15) is 12.8 Å². The van der Waals surface area contributed by atoms with Gasteiger partial charge < -0.3 is 24.5 Å². The van der Waals surface area contributed by atoms with Crippen molar-refractivity contribution in [2.75, 3.05) is 86.8 Å². The molecule has 56 heavy (non-hydrogen) atoms. The lowest BCUT2D eigenvalue weighted by Crippen LogP contribution is -2.46. The first kappa shape index (κ1) is 40.4. The molecule has 296 valence electrons. The van der Waals surface area contributed by atoms with Crippen LogP contribution in [0, 0.1) is 0 Å². The van der Waals surface area contributed by atoms with E-state index >= 15 is 0 Å². The number of alkyl halides is 3. The van der Waals surface area contributed by atoms with E-state index in [9.17, 15) is 13.2 Å². The van der Waals surface area contributed by atoms with Crippen molar-refractivity contribution in [3.05, 3.63) is 114 Å². The molecule has 0 unspecified atom stereocenters. The highest BCUT2D eigenvalue weighted by atomic mass is 79.9. The summed E-state index contributed by atoms with van der Waals surface area (Å²) in [5, 5.41) is 2.61. The van der Waals surface area contributed by atoms with Gasteiger partial charge in [-0.15, -0.1) is 36.7 Å². The van der Waals surface area contributed by atoms with Gasteiger partial charge >= 0.3 is 6.36 Å². The molecule has 8 rings (SSSR count). The van der Waals surface area contributed by atoms with Crippen molar-refractivity contribution >= 4 is 72.6 Å². The molecule has 7 nitrogen and oxygen atoms in total. The minimum absolute atomic E-state index is 0.181. The number of rotatable bonds is 13. The average molecular weight is 866 g/mol. The van der Waals surface area contributed by atoms with Crippen LogP contribution in [0.4, 0.5) is 24.5 Å². The maximum atomic E-state index is 12.2. The molecule has 2 aliphatic rings. The summed E-state index contributed by atoms with van der Waals surface area (Å²) in [5.41, 5.74) is 5.06. The summed E-state index contributed by atoms with van der Waals surface area (Å²) in [6, 6.07) is 31.9. The topological polar surface area (TPSA) is 53.8 Å². The van der Waals surface area contributed by atoms with Gasteiger partial charge in [-0.3, -0.25) is 9.80 Å². The first-order valence-electron chi connectivity index (χ1n) is 19.2. The first-order valence-corrected chi connectivity index (χ1v) is 22.0. The van der Waals surface area contributed by atoms with Gasteiger partial charge in [0.15, 0.2) is 0 Å². The van der Waals surface area contributed by atoms with Crippen LogP contribution in [0.2, 0.25) is 0 Å². The van der Waals surface area contributed by atoms with Gasteiger partial charge in [-0.25, -0.2) is 0 Å². The zero-order chi connectivity index (χ0) is 38.7. The maximum absolute atomic E-state index is 12.2. The molecule has 13 heteroatoms. The van der Waals surface area contributed by atoms with E-state index < -0.39 is 6.36 Å². The quantitative estimate of drug-likeness (QED) is 0.0886. The van der Waals surface area contributed by atoms with Crippen molar-refractivity contribution in [2.24, 2.45) is 0 Å². The van der Waals surface area contributed by atoms with Crippen LogP contribution in [0.15, 0.2) is 124 Å². The van der Waals surface area contributed by atoms with Crippen LogP contribution in [0.5, 0.6) is 5.75 Å². The van der Waals surface area contributed by atoms with Crippen LogP contribution in [-0.4, -0.2) is 103 Å². The van der Waals surface area contributed by atoms with Crippen LogP contribution in [0.25, 0.3) is 21.8 Å². The normalized spacial score (nSPS) is 15.6. The fourth-order valence-electron chi connectivity index (χ4n) is 7.36. The number of ether oxygens (including phenoxy) is 1. The van der Waals surface area contributed by atoms with E-state index in [4.69, 9.17) is 0 Å². The smallest absolute Gasteiger partial charge is 0.406 e. The number of aromatic amines is 2. The Balaban J connectivity index is 0.000000173. The van der Waals surface area contributed by atoms with Gasteiger partial charge in [-0.1, -0.05) is 34.1 Å². The summed E-state index contributed by atoms with van der Waals surface area (Å²) >= 11 is 7.15. The second kappa shape index (κ2) is 19.6. The molecule has 4 aromatic carbocycles. The standard InChI is InChI=1S/C22H24F3N3OS.C21H24BrN3S/c23-22(24,25)29-17-5-7-18(8-6-17)30-16-2-11-27-12-14-28(15-13-27)21-4-1-3-20-19(21)9-10-26-20;22-17-4-1-5-18(16-17)26-15-3-10-24-11-13-25(14-12-24)21-7-2-6-20-19(21)8-9-23-20/h1,3-10,26H,2,11-16H2;1-2,4-9,16,23H,3,10-15H2. The zero-order valence-corrected chi connectivity index (χ0v) is 34.5. The van der Waals surface area contributed by atoms with Crippen LogP contribution < -0.4 is 14.5 Å². The predicted octanol–water partition coefficient (Wildman–Crippen LogP) is 10.6. The van der Waals surface area contributed by atoms with Crippen molar-refractivity contribution in [3.63, 3.8) is 0 Å². The van der Waals surface area contributed by atoms with Crippen LogP contribution in [0.3, 0.4) is 0 Å². The van der Waals surface area contributed by atoms with Crippen molar-refractivity contribution in [3.8, 4) is 5.75 Å². The third kappa shape index (κ3) is 11.4. The fraction of sp³-hybridized carbons (Fsp3) is 0.349. The number of hydrogen-bond acceptors (Lipinski definition) is 7. The van der Waals surface area contributed by atoms with Gasteiger partial charge in [0, 0.05) is 112 Å². The van der Waals surface area contributed by atoms with Gasteiger partial charge in [0.1, 0.15) is 5.75 Å². The summed E-state index contributed by atoms with van der Waals surface area (Å²) in [4.78, 5) is 19.0. The van der Waals surface area contributed by atoms with Crippen molar-refractivity contribution < 1.29 is 17.9 Å². The highest BCUT2D eigenvalue weighted by Crippen LogP contribution is 2.30. The molecule has 0 atom stereocenters. The second-order valence-electron chi connectivity index (χ2n) is 14.0. The lowest BCUT2D eigenvalue weighted by molar-refractivity contribution is -0.274. The molecule has 2 saturated heterocycles. The molecule has 0 spiro atoms. The molecule has 2 N–H and O–H groups in total. The SMILES string of the molecule is Brc1cccc(SCCCN2CCN(c3cccc4[nH]ccc34)CC2)c1.FC(F)(F)Oc1ccc(SCCCN2CCN(c3cccc4[nH]ccc34)CC2)cc1. The number of nitrogens with zero attached hydrogens (tertiary/aromatic N) is 4. The Kier molecular flexibility index (Phi) is 14.2. The van der Waals surface area contributed by atoms with Gasteiger partial charge in [0.2, 0.25) is 0 Å². The third-order valence-corrected chi connectivity index (χ3v) is 12.9. The van der Waals surface area contributed by atoms with E-state index in [1.807, 2.05) is 24.2 Å². The molecule has 0 saturated carbocycles. The lowest BCUT2D eigenvalue weighted by atomic mass is 10.1. The van der Waals surface area contributed by atoms with Crippen molar-refractivity contribution in [1.82, 2.24) is 19.8 Å². The third-order valence-electron chi connectivity index (χ3n) is 10.2. The molecule has 6 aromatic rings. The predicted molar refractivity (Wildman–Crippen MR) is 232 cm³/mol. The number of nitrogens with one attached hydrogen (secondary N) is 2. The van der Waals surface area contributed by atoms with Gasteiger partial charge in [0.25, 0.3) is 0 Å². The van der Waals surface area contributed by atoms with Gasteiger partial charge in [-0.2, -0.15) is 0 Å². The minimum Gasteiger partial charge on any atom is -0.406 e. The maximum Gasteiger partial charge on any atom is 0.573 e. The van der Waals surface area contributed by atoms with E-state index in [-0.39, 0.29) is 5.75 Å². The van der Waals surface area contributed by atoms with Gasteiger partial charge in [0.05, 0.1) is 0 Å². The second-order valence-corrected chi connectivity index (χ2v) is 17.2. The molecule has 2 fully saturated rings. The Hall–Kier alpha value is -3.75. The number of anilines is 2. The fourth-order valence-corrected chi connectivity index (χ4v) is 9.65. The van der Waals surface area contributed by atoms with Gasteiger partial charge in [-0.05, 0) is 116 Å². The molecule has 2 aromatic heterocycles. The molecular weight excluding hydrogens is 818 g/mol. The number of H-pyrrole nitrogens is 2. The molecule has 4 heterocycles. The largest absolute Gasteiger partial charge is 0.573 e. The van der Waals surface area contributed by atoms with E-state index in [1.165, 1.54) is 68.9 Å². The van der Waals surface area contributed by atoms with E-state index in [2.05, 4.69) is 123 Å². The summed E-state index contributed by atoms with van der Waals surface area (Å²) in [6.45, 7) is 10.9. The monoisotopic (exact) mass is 864 g/mol. The number of thioether (sulfide) groups is 2. The summed E-state index contributed by atoms with van der Waals surface area (Å²) in [5.74, 6) is 1.93. The van der Waals surface area contributed by atoms with Crippen molar-refractivity contribution in [1.29, 1.82) is 0 Å². The number of aromatic nitrogens is 2. The Labute approximate surface area is 344 Å². The molecule has 0 amide bonds. The lowest BCUT2D eigenvalue weighted by Gasteiger charge is -2.36. The summed E-state index contributed by atoms with van der Waals surface area (Å²) in [7, 11) is 0. The van der Waals surface area contributed by atoms with Crippen LogP contribution >= 0.6 is 39.5 Å². The summed E-state index contributed by atoms with van der Waals surface area (Å²) < 4.78 is 41.7. The molecular formula is C43H48BrF3N6OS2. The zero-order valence-electron chi connectivity index (χ0n) is 31.3. The minimum atomic E-state index is -4.65. The highest BCUT2D eigenvalue weighted by Gasteiger charge is 2.31. The Morgan fingerprint density at radius 3 is 1.59 bits per heavy atom. The molecule has 0 aliphatic carbocycles. The molecule has 0 bridgehead atoms. The van der Waals surface area contributed by atoms with E-state index in [0.29, 0.717) is 0 Å². The number of hydrogen-bond donors (Lipinski definition) is 2. The average Bonchev–Trinajstić information content (AvgIpc) is 3.90. The van der Waals surface area contributed by atoms with Crippen molar-refractivity contribution in [2.45, 2.75) is 29.0 Å². The Morgan fingerprint density at radius 1 is 0.589 bits per heavy atom. The number of fused-ring (bicyclic) bond motifs is 2. The molecule has 0 radical (unpaired) electrons. The van der Waals surface area contributed by atoms with E-state index in [0.717, 1.165) is 80.4 Å². The van der Waals surface area contributed by atoms with E-state index in [1.54, 1.807) is 23.9 Å². The number of piperazine rings is 2. The number of benzene rings is 4. The van der Waals surface area contributed by atoms with Crippen LogP contribution in [-0.2, 0) is 0 Å². The Morgan fingerprint density at radius 2 is 1.09 bits per heavy atom. The molecule has 2 aliphatic heterocycles. The first-order chi connectivity index (χ1) is 27.3.